The van der Waals surface area contributed by atoms with Gasteiger partial charge in [0, 0.05) is 18.8 Å². The molecule has 1 atom stereocenters. The number of hydrogen-bond acceptors (Lipinski definition) is 3. The molecule has 0 unspecified atom stereocenters. The second-order valence-corrected chi connectivity index (χ2v) is 6.98. The molecule has 1 aromatic heterocycles. The van der Waals surface area contributed by atoms with Crippen molar-refractivity contribution in [1.82, 2.24) is 15.1 Å². The molecule has 1 heterocycles. The van der Waals surface area contributed by atoms with Gasteiger partial charge in [-0.15, -0.1) is 0 Å². The SMILES string of the molecule is C[C@@H](NC(=O)CC(C)(C)C)C(=O)Nc1ccccc1-n1cccn1. The van der Waals surface area contributed by atoms with Crippen LogP contribution in [0.5, 0.6) is 0 Å². The number of carbonyl (C=O) groups is 2. The third-order valence-electron chi connectivity index (χ3n) is 3.37. The third-order valence-corrected chi connectivity index (χ3v) is 3.37. The molecule has 2 amide bonds. The van der Waals surface area contributed by atoms with E-state index < -0.39 is 6.04 Å². The van der Waals surface area contributed by atoms with E-state index in [2.05, 4.69) is 15.7 Å². The highest BCUT2D eigenvalue weighted by Crippen LogP contribution is 2.20. The average molecular weight is 328 g/mol. The number of anilines is 1. The summed E-state index contributed by atoms with van der Waals surface area (Å²) in [6, 6.07) is 8.58. The maximum atomic E-state index is 12.4. The molecule has 1 aromatic carbocycles. The molecule has 0 bridgehead atoms. The largest absolute Gasteiger partial charge is 0.345 e. The highest BCUT2D eigenvalue weighted by atomic mass is 16.2. The van der Waals surface area contributed by atoms with E-state index >= 15 is 0 Å². The first-order valence-corrected chi connectivity index (χ1v) is 7.95. The summed E-state index contributed by atoms with van der Waals surface area (Å²) < 4.78 is 1.68. The molecule has 24 heavy (non-hydrogen) atoms. The number of amides is 2. The van der Waals surface area contributed by atoms with E-state index in [1.165, 1.54) is 0 Å². The lowest BCUT2D eigenvalue weighted by molar-refractivity contribution is -0.127. The minimum atomic E-state index is -0.620. The molecular weight excluding hydrogens is 304 g/mol. The van der Waals surface area contributed by atoms with Gasteiger partial charge in [0.2, 0.25) is 11.8 Å². The molecule has 2 N–H and O–H groups in total. The molecule has 0 saturated carbocycles. The Morgan fingerprint density at radius 1 is 1.21 bits per heavy atom. The molecular formula is C18H24N4O2. The summed E-state index contributed by atoms with van der Waals surface area (Å²) in [5.41, 5.74) is 1.29. The van der Waals surface area contributed by atoms with Gasteiger partial charge in [-0.05, 0) is 30.5 Å². The molecule has 128 valence electrons. The number of nitrogens with zero attached hydrogens (tertiary/aromatic N) is 2. The van der Waals surface area contributed by atoms with Crippen LogP contribution < -0.4 is 10.6 Å². The second-order valence-electron chi connectivity index (χ2n) is 6.98. The number of hydrogen-bond donors (Lipinski definition) is 2. The summed E-state index contributed by atoms with van der Waals surface area (Å²) in [4.78, 5) is 24.4. The molecule has 2 aromatic rings. The fourth-order valence-electron chi connectivity index (χ4n) is 2.27. The molecule has 0 radical (unpaired) electrons. The Morgan fingerprint density at radius 2 is 1.92 bits per heavy atom. The number of carbonyl (C=O) groups excluding carboxylic acids is 2. The van der Waals surface area contributed by atoms with Crippen molar-refractivity contribution >= 4 is 17.5 Å². The lowest BCUT2D eigenvalue weighted by Gasteiger charge is -2.20. The van der Waals surface area contributed by atoms with Crippen LogP contribution in [0.25, 0.3) is 5.69 Å². The quantitative estimate of drug-likeness (QED) is 0.886. The molecule has 0 aliphatic rings. The van der Waals surface area contributed by atoms with Crippen LogP contribution in [-0.2, 0) is 9.59 Å². The number of rotatable bonds is 5. The summed E-state index contributed by atoms with van der Waals surface area (Å²) in [6.07, 6.45) is 3.85. The van der Waals surface area contributed by atoms with Crippen LogP contribution in [0, 0.1) is 5.41 Å². The molecule has 6 nitrogen and oxygen atoms in total. The smallest absolute Gasteiger partial charge is 0.246 e. The lowest BCUT2D eigenvalue weighted by atomic mass is 9.92. The van der Waals surface area contributed by atoms with Crippen molar-refractivity contribution in [3.63, 3.8) is 0 Å². The van der Waals surface area contributed by atoms with E-state index in [0.29, 0.717) is 12.1 Å². The lowest BCUT2D eigenvalue weighted by Crippen LogP contribution is -2.42. The van der Waals surface area contributed by atoms with Crippen molar-refractivity contribution in [1.29, 1.82) is 0 Å². The van der Waals surface area contributed by atoms with Crippen molar-refractivity contribution < 1.29 is 9.59 Å². The zero-order valence-corrected chi connectivity index (χ0v) is 14.5. The van der Waals surface area contributed by atoms with Gasteiger partial charge in [0.05, 0.1) is 11.4 Å². The fourth-order valence-corrected chi connectivity index (χ4v) is 2.27. The Bertz CT molecular complexity index is 702. The standard InChI is InChI=1S/C18H24N4O2/c1-13(20-16(23)12-18(2,3)4)17(24)21-14-8-5-6-9-15(14)22-11-7-10-19-22/h5-11,13H,12H2,1-4H3,(H,20,23)(H,21,24)/t13-/m1/s1. The van der Waals surface area contributed by atoms with Gasteiger partial charge in [-0.1, -0.05) is 32.9 Å². The van der Waals surface area contributed by atoms with Gasteiger partial charge < -0.3 is 10.6 Å². The van der Waals surface area contributed by atoms with E-state index in [-0.39, 0.29) is 17.2 Å². The predicted molar refractivity (Wildman–Crippen MR) is 93.9 cm³/mol. The Labute approximate surface area is 142 Å². The predicted octanol–water partition coefficient (Wildman–Crippen LogP) is 2.75. The van der Waals surface area contributed by atoms with Gasteiger partial charge in [-0.25, -0.2) is 4.68 Å². The van der Waals surface area contributed by atoms with E-state index in [0.717, 1.165) is 5.69 Å². The first-order valence-electron chi connectivity index (χ1n) is 7.95. The summed E-state index contributed by atoms with van der Waals surface area (Å²) in [5.74, 6) is -0.401. The summed E-state index contributed by atoms with van der Waals surface area (Å²) in [5, 5.41) is 9.77. The Hall–Kier alpha value is -2.63. The maximum Gasteiger partial charge on any atom is 0.246 e. The van der Waals surface area contributed by atoms with Gasteiger partial charge >= 0.3 is 0 Å². The van der Waals surface area contributed by atoms with Crippen molar-refractivity contribution in [3.05, 3.63) is 42.7 Å². The second kappa shape index (κ2) is 7.29. The van der Waals surface area contributed by atoms with Crippen LogP contribution >= 0.6 is 0 Å². The topological polar surface area (TPSA) is 76.0 Å². The first-order chi connectivity index (χ1) is 11.3. The molecule has 0 saturated heterocycles. The first kappa shape index (κ1) is 17.7. The van der Waals surface area contributed by atoms with Crippen molar-refractivity contribution in [3.8, 4) is 5.69 Å². The van der Waals surface area contributed by atoms with Crippen molar-refractivity contribution in [2.45, 2.75) is 40.2 Å². The van der Waals surface area contributed by atoms with Crippen LogP contribution in [0.15, 0.2) is 42.7 Å². The number of aromatic nitrogens is 2. The average Bonchev–Trinajstić information content (AvgIpc) is 2.99. The van der Waals surface area contributed by atoms with Gasteiger partial charge in [-0.2, -0.15) is 5.10 Å². The summed E-state index contributed by atoms with van der Waals surface area (Å²) in [6.45, 7) is 7.62. The van der Waals surface area contributed by atoms with E-state index in [1.807, 2.05) is 45.0 Å². The molecule has 0 fully saturated rings. The minimum Gasteiger partial charge on any atom is -0.345 e. The van der Waals surface area contributed by atoms with Crippen LogP contribution in [0.1, 0.15) is 34.1 Å². The van der Waals surface area contributed by atoms with Crippen LogP contribution in [0.2, 0.25) is 0 Å². The third kappa shape index (κ3) is 4.94. The van der Waals surface area contributed by atoms with Crippen LogP contribution in [0.4, 0.5) is 5.69 Å². The van der Waals surface area contributed by atoms with Gasteiger partial charge in [0.25, 0.3) is 0 Å². The molecule has 0 aliphatic heterocycles. The number of para-hydroxylation sites is 2. The molecule has 0 aliphatic carbocycles. The summed E-state index contributed by atoms with van der Waals surface area (Å²) in [7, 11) is 0. The minimum absolute atomic E-state index is 0.118. The Kier molecular flexibility index (Phi) is 5.39. The van der Waals surface area contributed by atoms with E-state index in [4.69, 9.17) is 0 Å². The van der Waals surface area contributed by atoms with Gasteiger partial charge in [0.15, 0.2) is 0 Å². The van der Waals surface area contributed by atoms with E-state index in [9.17, 15) is 9.59 Å². The van der Waals surface area contributed by atoms with Crippen LogP contribution in [0.3, 0.4) is 0 Å². The normalized spacial score (nSPS) is 12.5. The summed E-state index contributed by atoms with van der Waals surface area (Å²) >= 11 is 0. The Balaban J connectivity index is 2.04. The zero-order chi connectivity index (χ0) is 17.7. The van der Waals surface area contributed by atoms with Crippen molar-refractivity contribution in [2.75, 3.05) is 5.32 Å². The Morgan fingerprint density at radius 3 is 2.54 bits per heavy atom. The van der Waals surface area contributed by atoms with E-state index in [1.54, 1.807) is 30.1 Å². The number of nitrogens with one attached hydrogen (secondary N) is 2. The monoisotopic (exact) mass is 328 g/mol. The zero-order valence-electron chi connectivity index (χ0n) is 14.5. The highest BCUT2D eigenvalue weighted by molar-refractivity contribution is 5.98. The van der Waals surface area contributed by atoms with Gasteiger partial charge in [-0.3, -0.25) is 9.59 Å². The van der Waals surface area contributed by atoms with Crippen LogP contribution in [-0.4, -0.2) is 27.6 Å². The number of benzene rings is 1. The maximum absolute atomic E-state index is 12.4. The molecule has 0 spiro atoms. The fraction of sp³-hybridized carbons (Fsp3) is 0.389. The van der Waals surface area contributed by atoms with Crippen molar-refractivity contribution in [2.24, 2.45) is 5.41 Å². The molecule has 2 rings (SSSR count). The van der Waals surface area contributed by atoms with Gasteiger partial charge in [0.1, 0.15) is 6.04 Å². The highest BCUT2D eigenvalue weighted by Gasteiger charge is 2.21. The molecule has 6 heteroatoms.